The van der Waals surface area contributed by atoms with Crippen LogP contribution >= 0.6 is 11.8 Å². The number of aryl methyl sites for hydroxylation is 1. The summed E-state index contributed by atoms with van der Waals surface area (Å²) in [6, 6.07) is 11.6. The predicted octanol–water partition coefficient (Wildman–Crippen LogP) is 3.30. The van der Waals surface area contributed by atoms with E-state index >= 15 is 0 Å². The van der Waals surface area contributed by atoms with Gasteiger partial charge in [-0.25, -0.2) is 14.8 Å². The normalized spacial score (nSPS) is 11.3. The van der Waals surface area contributed by atoms with Gasteiger partial charge in [0.1, 0.15) is 5.56 Å². The topological polar surface area (TPSA) is 61.4 Å². The van der Waals surface area contributed by atoms with E-state index in [2.05, 4.69) is 20.6 Å². The SMILES string of the molecule is COC(=O)c1cccn2cc(CSc3nc4ccccc4n3C)nc12. The van der Waals surface area contributed by atoms with E-state index in [-0.39, 0.29) is 5.97 Å². The van der Waals surface area contributed by atoms with Gasteiger partial charge in [-0.05, 0) is 24.3 Å². The summed E-state index contributed by atoms with van der Waals surface area (Å²) in [6.45, 7) is 0. The molecule has 0 atom stereocenters. The van der Waals surface area contributed by atoms with Gasteiger partial charge in [0.05, 0.1) is 23.8 Å². The van der Waals surface area contributed by atoms with Crippen LogP contribution in [0.25, 0.3) is 16.7 Å². The van der Waals surface area contributed by atoms with Crippen LogP contribution in [0.15, 0.2) is 53.9 Å². The summed E-state index contributed by atoms with van der Waals surface area (Å²) < 4.78 is 8.74. The Balaban J connectivity index is 1.62. The van der Waals surface area contributed by atoms with Crippen molar-refractivity contribution in [2.24, 2.45) is 7.05 Å². The van der Waals surface area contributed by atoms with Gasteiger partial charge < -0.3 is 13.7 Å². The van der Waals surface area contributed by atoms with Gasteiger partial charge in [-0.2, -0.15) is 0 Å². The zero-order chi connectivity index (χ0) is 17.4. The van der Waals surface area contributed by atoms with Crippen LogP contribution in [-0.2, 0) is 17.5 Å². The van der Waals surface area contributed by atoms with Gasteiger partial charge in [0.25, 0.3) is 0 Å². The number of thioether (sulfide) groups is 1. The van der Waals surface area contributed by atoms with Gasteiger partial charge >= 0.3 is 5.97 Å². The smallest absolute Gasteiger partial charge is 0.341 e. The number of nitrogens with zero attached hydrogens (tertiary/aromatic N) is 4. The first-order chi connectivity index (χ1) is 12.2. The van der Waals surface area contributed by atoms with E-state index < -0.39 is 0 Å². The molecule has 7 heteroatoms. The summed E-state index contributed by atoms with van der Waals surface area (Å²) in [5.41, 5.74) is 4.04. The van der Waals surface area contributed by atoms with Gasteiger partial charge in [-0.15, -0.1) is 0 Å². The number of pyridine rings is 1. The number of hydrogen-bond acceptors (Lipinski definition) is 5. The second-order valence-electron chi connectivity index (χ2n) is 5.61. The fourth-order valence-corrected chi connectivity index (χ4v) is 3.66. The summed E-state index contributed by atoms with van der Waals surface area (Å²) in [4.78, 5) is 21.1. The number of ether oxygens (including phenoxy) is 1. The van der Waals surface area contributed by atoms with Crippen molar-refractivity contribution in [3.63, 3.8) is 0 Å². The lowest BCUT2D eigenvalue weighted by molar-refractivity contribution is 0.0602. The molecule has 0 spiro atoms. The lowest BCUT2D eigenvalue weighted by Crippen LogP contribution is -2.03. The van der Waals surface area contributed by atoms with Crippen LogP contribution in [0.2, 0.25) is 0 Å². The first kappa shape index (κ1) is 15.7. The molecule has 0 saturated carbocycles. The number of rotatable bonds is 4. The number of benzene rings is 1. The monoisotopic (exact) mass is 352 g/mol. The number of carbonyl (C=O) groups is 1. The number of imidazole rings is 2. The second-order valence-corrected chi connectivity index (χ2v) is 6.55. The molecule has 4 rings (SSSR count). The number of para-hydroxylation sites is 2. The molecule has 0 aliphatic carbocycles. The van der Waals surface area contributed by atoms with Crippen LogP contribution in [-0.4, -0.2) is 32.0 Å². The van der Waals surface area contributed by atoms with Crippen molar-refractivity contribution < 1.29 is 9.53 Å². The Morgan fingerprint density at radius 3 is 2.84 bits per heavy atom. The van der Waals surface area contributed by atoms with Gasteiger partial charge in [0, 0.05) is 25.2 Å². The van der Waals surface area contributed by atoms with Crippen molar-refractivity contribution in [2.75, 3.05) is 7.11 Å². The molecule has 0 radical (unpaired) electrons. The molecule has 0 aliphatic heterocycles. The lowest BCUT2D eigenvalue weighted by Gasteiger charge is -2.00. The number of esters is 1. The third-order valence-electron chi connectivity index (χ3n) is 4.03. The maximum absolute atomic E-state index is 11.9. The Morgan fingerprint density at radius 1 is 1.20 bits per heavy atom. The Kier molecular flexibility index (Phi) is 3.93. The van der Waals surface area contributed by atoms with E-state index in [0.717, 1.165) is 21.9 Å². The Morgan fingerprint density at radius 2 is 2.04 bits per heavy atom. The maximum Gasteiger partial charge on any atom is 0.341 e. The van der Waals surface area contributed by atoms with Crippen molar-refractivity contribution in [1.82, 2.24) is 18.9 Å². The third kappa shape index (κ3) is 2.76. The van der Waals surface area contributed by atoms with Crippen LogP contribution in [0.1, 0.15) is 16.1 Å². The molecule has 0 aliphatic rings. The number of carbonyl (C=O) groups excluding carboxylic acids is 1. The Labute approximate surface area is 148 Å². The second kappa shape index (κ2) is 6.25. The quantitative estimate of drug-likeness (QED) is 0.417. The Hall–Kier alpha value is -2.80. The van der Waals surface area contributed by atoms with Gasteiger partial charge in [-0.3, -0.25) is 0 Å². The molecule has 0 saturated heterocycles. The van der Waals surface area contributed by atoms with Crippen molar-refractivity contribution in [1.29, 1.82) is 0 Å². The fourth-order valence-electron chi connectivity index (χ4n) is 2.79. The summed E-state index contributed by atoms with van der Waals surface area (Å²) in [6.07, 6.45) is 3.80. The molecule has 0 bridgehead atoms. The molecule has 4 aromatic rings. The lowest BCUT2D eigenvalue weighted by atomic mass is 10.3. The van der Waals surface area contributed by atoms with Crippen LogP contribution in [0.4, 0.5) is 0 Å². The first-order valence-electron chi connectivity index (χ1n) is 7.76. The standard InChI is InChI=1S/C18H16N4O2S/c1-21-15-8-4-3-7-14(15)20-18(21)25-11-12-10-22-9-5-6-13(16(22)19-12)17(23)24-2/h3-10H,11H2,1-2H3. The van der Waals surface area contributed by atoms with E-state index in [4.69, 9.17) is 4.74 Å². The van der Waals surface area contributed by atoms with Crippen LogP contribution in [0, 0.1) is 0 Å². The zero-order valence-electron chi connectivity index (χ0n) is 13.8. The van der Waals surface area contributed by atoms with E-state index in [1.54, 1.807) is 17.8 Å². The van der Waals surface area contributed by atoms with Gasteiger partial charge in [0.2, 0.25) is 0 Å². The third-order valence-corrected chi connectivity index (χ3v) is 5.10. The zero-order valence-corrected chi connectivity index (χ0v) is 14.7. The molecule has 1 aromatic carbocycles. The van der Waals surface area contributed by atoms with Crippen LogP contribution in [0.5, 0.6) is 0 Å². The molecule has 3 heterocycles. The molecule has 0 fully saturated rings. The highest BCUT2D eigenvalue weighted by atomic mass is 32.2. The molecule has 0 N–H and O–H groups in total. The summed E-state index contributed by atoms with van der Waals surface area (Å²) in [5, 5.41) is 0.937. The largest absolute Gasteiger partial charge is 0.465 e. The first-order valence-corrected chi connectivity index (χ1v) is 8.75. The summed E-state index contributed by atoms with van der Waals surface area (Å²) in [5.74, 6) is 0.283. The summed E-state index contributed by atoms with van der Waals surface area (Å²) in [7, 11) is 3.38. The summed E-state index contributed by atoms with van der Waals surface area (Å²) >= 11 is 1.62. The van der Waals surface area contributed by atoms with Crippen molar-refractivity contribution in [3.05, 3.63) is 60.0 Å². The molecule has 0 unspecified atom stereocenters. The number of hydrogen-bond donors (Lipinski definition) is 0. The molecular weight excluding hydrogens is 336 g/mol. The molecule has 25 heavy (non-hydrogen) atoms. The average Bonchev–Trinajstić information content (AvgIpc) is 3.20. The highest BCUT2D eigenvalue weighted by Gasteiger charge is 2.14. The number of aromatic nitrogens is 4. The molecule has 126 valence electrons. The van der Waals surface area contributed by atoms with Crippen LogP contribution < -0.4 is 0 Å². The average molecular weight is 352 g/mol. The van der Waals surface area contributed by atoms with Crippen molar-refractivity contribution in [2.45, 2.75) is 10.9 Å². The minimum absolute atomic E-state index is 0.384. The highest BCUT2D eigenvalue weighted by Crippen LogP contribution is 2.26. The number of fused-ring (bicyclic) bond motifs is 2. The molecular formula is C18H16N4O2S. The van der Waals surface area contributed by atoms with E-state index in [1.165, 1.54) is 7.11 Å². The fraction of sp³-hybridized carbons (Fsp3) is 0.167. The molecule has 0 amide bonds. The minimum atomic E-state index is -0.384. The number of methoxy groups -OCH3 is 1. The van der Waals surface area contributed by atoms with Crippen LogP contribution in [0.3, 0.4) is 0 Å². The van der Waals surface area contributed by atoms with E-state index in [9.17, 15) is 4.79 Å². The maximum atomic E-state index is 11.9. The van der Waals surface area contributed by atoms with E-state index in [1.807, 2.05) is 48.1 Å². The predicted molar refractivity (Wildman–Crippen MR) is 96.8 cm³/mol. The van der Waals surface area contributed by atoms with Gasteiger partial charge in [0.15, 0.2) is 10.8 Å². The molecule has 3 aromatic heterocycles. The highest BCUT2D eigenvalue weighted by molar-refractivity contribution is 7.98. The minimum Gasteiger partial charge on any atom is -0.465 e. The van der Waals surface area contributed by atoms with E-state index in [0.29, 0.717) is 17.0 Å². The van der Waals surface area contributed by atoms with Crippen molar-refractivity contribution >= 4 is 34.4 Å². The Bertz CT molecular complexity index is 1080. The van der Waals surface area contributed by atoms with Gasteiger partial charge in [-0.1, -0.05) is 23.9 Å². The van der Waals surface area contributed by atoms with Crippen molar-refractivity contribution in [3.8, 4) is 0 Å². The molecule has 6 nitrogen and oxygen atoms in total.